The third-order valence-electron chi connectivity index (χ3n) is 2.33. The zero-order chi connectivity index (χ0) is 10.7. The Kier molecular flexibility index (Phi) is 5.37. The molecule has 0 heterocycles. The summed E-state index contributed by atoms with van der Waals surface area (Å²) in [6.45, 7) is 5.84. The summed E-state index contributed by atoms with van der Waals surface area (Å²) in [5, 5.41) is 9.09. The minimum absolute atomic E-state index is 0. The van der Waals surface area contributed by atoms with Gasteiger partial charge in [-0.3, -0.25) is 4.79 Å². The van der Waals surface area contributed by atoms with Crippen LogP contribution in [0.5, 0.6) is 0 Å². The second-order valence-corrected chi connectivity index (χ2v) is 3.97. The Hall–Kier alpha value is -1.02. The number of aryl methyl sites for hydroxylation is 1. The Morgan fingerprint density at radius 3 is 2.33 bits per heavy atom. The topological polar surface area (TPSA) is 37.3 Å². The molecule has 15 heavy (non-hydrogen) atoms. The third-order valence-corrected chi connectivity index (χ3v) is 2.33. The van der Waals surface area contributed by atoms with Crippen LogP contribution in [0.4, 0.5) is 0 Å². The van der Waals surface area contributed by atoms with Gasteiger partial charge in [0.2, 0.25) is 0 Å². The van der Waals surface area contributed by atoms with Gasteiger partial charge in [0.15, 0.2) is 0 Å². The van der Waals surface area contributed by atoms with E-state index in [9.17, 15) is 4.79 Å². The summed E-state index contributed by atoms with van der Waals surface area (Å²) in [5.41, 5.74) is 2.00. The SMILES string of the molecule is Cc1cccc(C(C(=O)O)C(C)C)c1.Cl. The molecule has 1 N–H and O–H groups in total. The predicted molar refractivity (Wildman–Crippen MR) is 63.6 cm³/mol. The van der Waals surface area contributed by atoms with Gasteiger partial charge < -0.3 is 5.11 Å². The van der Waals surface area contributed by atoms with Gasteiger partial charge in [-0.25, -0.2) is 0 Å². The van der Waals surface area contributed by atoms with Crippen molar-refractivity contribution in [2.45, 2.75) is 26.7 Å². The van der Waals surface area contributed by atoms with Crippen LogP contribution in [0.15, 0.2) is 24.3 Å². The predicted octanol–water partition coefficient (Wildman–Crippen LogP) is 3.24. The summed E-state index contributed by atoms with van der Waals surface area (Å²) in [6.07, 6.45) is 0. The van der Waals surface area contributed by atoms with Crippen molar-refractivity contribution in [2.24, 2.45) is 5.92 Å². The summed E-state index contributed by atoms with van der Waals surface area (Å²) >= 11 is 0. The second kappa shape index (κ2) is 5.76. The number of carboxylic acid groups (broad SMARTS) is 1. The number of hydrogen-bond acceptors (Lipinski definition) is 1. The van der Waals surface area contributed by atoms with Gasteiger partial charge in [-0.2, -0.15) is 0 Å². The van der Waals surface area contributed by atoms with Gasteiger partial charge in [0.25, 0.3) is 0 Å². The van der Waals surface area contributed by atoms with Gasteiger partial charge in [-0.05, 0) is 18.4 Å². The summed E-state index contributed by atoms with van der Waals surface area (Å²) in [5.74, 6) is -1.02. The fraction of sp³-hybridized carbons (Fsp3) is 0.417. The lowest BCUT2D eigenvalue weighted by Crippen LogP contribution is -2.17. The van der Waals surface area contributed by atoms with Gasteiger partial charge in [0.1, 0.15) is 0 Å². The maximum absolute atomic E-state index is 11.1. The van der Waals surface area contributed by atoms with E-state index < -0.39 is 11.9 Å². The van der Waals surface area contributed by atoms with Crippen molar-refractivity contribution < 1.29 is 9.90 Å². The van der Waals surface area contributed by atoms with E-state index in [1.165, 1.54) is 0 Å². The zero-order valence-corrected chi connectivity index (χ0v) is 10.0. The maximum atomic E-state index is 11.1. The minimum atomic E-state index is -0.745. The minimum Gasteiger partial charge on any atom is -0.481 e. The molecule has 0 aromatic heterocycles. The average molecular weight is 229 g/mol. The highest BCUT2D eigenvalue weighted by molar-refractivity contribution is 5.85. The number of aliphatic carboxylic acids is 1. The molecule has 1 aromatic carbocycles. The van der Waals surface area contributed by atoms with Crippen LogP contribution in [-0.2, 0) is 4.79 Å². The molecule has 1 aromatic rings. The van der Waals surface area contributed by atoms with Gasteiger partial charge in [-0.1, -0.05) is 43.7 Å². The zero-order valence-electron chi connectivity index (χ0n) is 9.23. The van der Waals surface area contributed by atoms with Crippen molar-refractivity contribution in [3.8, 4) is 0 Å². The average Bonchev–Trinajstić information content (AvgIpc) is 2.02. The molecule has 1 atom stereocenters. The molecule has 1 rings (SSSR count). The molecule has 0 radical (unpaired) electrons. The molecule has 0 aliphatic carbocycles. The summed E-state index contributed by atoms with van der Waals surface area (Å²) < 4.78 is 0. The highest BCUT2D eigenvalue weighted by Crippen LogP contribution is 2.25. The smallest absolute Gasteiger partial charge is 0.311 e. The van der Waals surface area contributed by atoms with E-state index >= 15 is 0 Å². The highest BCUT2D eigenvalue weighted by Gasteiger charge is 2.23. The van der Waals surface area contributed by atoms with Crippen LogP contribution in [0.2, 0.25) is 0 Å². The third kappa shape index (κ3) is 3.56. The van der Waals surface area contributed by atoms with E-state index in [1.807, 2.05) is 45.0 Å². The fourth-order valence-electron chi connectivity index (χ4n) is 1.68. The molecule has 0 aliphatic rings. The summed E-state index contributed by atoms with van der Waals surface area (Å²) in [6, 6.07) is 7.70. The van der Waals surface area contributed by atoms with Crippen LogP contribution in [0, 0.1) is 12.8 Å². The Morgan fingerprint density at radius 1 is 1.33 bits per heavy atom. The molecular weight excluding hydrogens is 212 g/mol. The van der Waals surface area contributed by atoms with Crippen molar-refractivity contribution in [1.29, 1.82) is 0 Å². The van der Waals surface area contributed by atoms with E-state index in [-0.39, 0.29) is 18.3 Å². The number of carbonyl (C=O) groups is 1. The first-order valence-electron chi connectivity index (χ1n) is 4.81. The molecule has 0 saturated heterocycles. The molecule has 0 fully saturated rings. The Morgan fingerprint density at radius 2 is 1.93 bits per heavy atom. The van der Waals surface area contributed by atoms with Crippen molar-refractivity contribution in [1.82, 2.24) is 0 Å². The molecule has 0 amide bonds. The van der Waals surface area contributed by atoms with Crippen molar-refractivity contribution >= 4 is 18.4 Å². The highest BCUT2D eigenvalue weighted by atomic mass is 35.5. The Bertz CT molecular complexity index is 334. The molecule has 0 aliphatic heterocycles. The van der Waals surface area contributed by atoms with Crippen molar-refractivity contribution in [2.75, 3.05) is 0 Å². The number of carboxylic acids is 1. The standard InChI is InChI=1S/C12H16O2.ClH/c1-8(2)11(12(13)14)10-6-4-5-9(3)7-10;/h4-8,11H,1-3H3,(H,13,14);1H. The first-order chi connectivity index (χ1) is 6.52. The van der Waals surface area contributed by atoms with Crippen LogP contribution in [0.25, 0.3) is 0 Å². The molecular formula is C12H17ClO2. The Labute approximate surface area is 96.7 Å². The van der Waals surface area contributed by atoms with Gasteiger partial charge >= 0.3 is 5.97 Å². The van der Waals surface area contributed by atoms with E-state index in [0.717, 1.165) is 11.1 Å². The van der Waals surface area contributed by atoms with E-state index in [2.05, 4.69) is 0 Å². The van der Waals surface area contributed by atoms with Crippen molar-refractivity contribution in [3.05, 3.63) is 35.4 Å². The molecule has 0 bridgehead atoms. The molecule has 1 unspecified atom stereocenters. The monoisotopic (exact) mass is 228 g/mol. The van der Waals surface area contributed by atoms with Gasteiger partial charge in [0.05, 0.1) is 5.92 Å². The van der Waals surface area contributed by atoms with E-state index in [1.54, 1.807) is 0 Å². The van der Waals surface area contributed by atoms with Crippen molar-refractivity contribution in [3.63, 3.8) is 0 Å². The molecule has 84 valence electrons. The fourth-order valence-corrected chi connectivity index (χ4v) is 1.68. The molecule has 2 nitrogen and oxygen atoms in total. The molecule has 0 saturated carbocycles. The molecule has 3 heteroatoms. The van der Waals surface area contributed by atoms with Gasteiger partial charge in [0, 0.05) is 0 Å². The van der Waals surface area contributed by atoms with Crippen LogP contribution in [0.3, 0.4) is 0 Å². The first-order valence-corrected chi connectivity index (χ1v) is 4.81. The first kappa shape index (κ1) is 14.0. The second-order valence-electron chi connectivity index (χ2n) is 3.97. The van der Waals surface area contributed by atoms with Crippen LogP contribution < -0.4 is 0 Å². The van der Waals surface area contributed by atoms with Crippen LogP contribution >= 0.6 is 12.4 Å². The normalized spacial score (nSPS) is 12.0. The summed E-state index contributed by atoms with van der Waals surface area (Å²) in [7, 11) is 0. The summed E-state index contributed by atoms with van der Waals surface area (Å²) in [4.78, 5) is 11.1. The largest absolute Gasteiger partial charge is 0.481 e. The lowest BCUT2D eigenvalue weighted by molar-refractivity contribution is -0.139. The van der Waals surface area contributed by atoms with E-state index in [4.69, 9.17) is 5.11 Å². The maximum Gasteiger partial charge on any atom is 0.311 e. The lowest BCUT2D eigenvalue weighted by Gasteiger charge is -2.16. The lowest BCUT2D eigenvalue weighted by atomic mass is 9.88. The number of hydrogen-bond donors (Lipinski definition) is 1. The Balaban J connectivity index is 0.00000196. The number of rotatable bonds is 3. The van der Waals surface area contributed by atoms with E-state index in [0.29, 0.717) is 0 Å². The quantitative estimate of drug-likeness (QED) is 0.863. The van der Waals surface area contributed by atoms with Crippen LogP contribution in [-0.4, -0.2) is 11.1 Å². The number of benzene rings is 1. The molecule has 0 spiro atoms. The van der Waals surface area contributed by atoms with Gasteiger partial charge in [-0.15, -0.1) is 12.4 Å². The number of halogens is 1. The van der Waals surface area contributed by atoms with Crippen LogP contribution in [0.1, 0.15) is 30.9 Å².